The van der Waals surface area contributed by atoms with Gasteiger partial charge in [0.15, 0.2) is 16.6 Å². The van der Waals surface area contributed by atoms with Crippen LogP contribution in [-0.2, 0) is 14.3 Å². The molecule has 2 aromatic carbocycles. The van der Waals surface area contributed by atoms with Crippen LogP contribution in [0.2, 0.25) is 0 Å². The van der Waals surface area contributed by atoms with Crippen LogP contribution in [-0.4, -0.2) is 52.7 Å². The number of hydrogen-bond donors (Lipinski definition) is 2. The van der Waals surface area contributed by atoms with E-state index < -0.39 is 29.5 Å². The zero-order valence-electron chi connectivity index (χ0n) is 23.6. The minimum Gasteiger partial charge on any atom is -0.507 e. The van der Waals surface area contributed by atoms with Gasteiger partial charge in [-0.05, 0) is 62.2 Å². The Morgan fingerprint density at radius 2 is 1.88 bits per heavy atom. The van der Waals surface area contributed by atoms with E-state index in [-0.39, 0.29) is 40.3 Å². The van der Waals surface area contributed by atoms with Gasteiger partial charge in [-0.25, -0.2) is 9.78 Å². The number of nitrogens with zero attached hydrogens (tertiary/aromatic N) is 2. The number of unbranched alkanes of at least 4 members (excludes halogenated alkanes) is 1. The third-order valence-electron chi connectivity index (χ3n) is 6.45. The number of anilines is 1. The highest BCUT2D eigenvalue weighted by molar-refractivity contribution is 7.17. The van der Waals surface area contributed by atoms with Crippen molar-refractivity contribution >= 4 is 39.9 Å². The number of carbonyl (C=O) groups excluding carboxylic acids is 3. The van der Waals surface area contributed by atoms with Gasteiger partial charge < -0.3 is 24.4 Å². The van der Waals surface area contributed by atoms with Gasteiger partial charge in [-0.15, -0.1) is 0 Å². The van der Waals surface area contributed by atoms with Gasteiger partial charge in [0.2, 0.25) is 0 Å². The molecule has 2 heterocycles. The Morgan fingerprint density at radius 3 is 2.55 bits per heavy atom. The van der Waals surface area contributed by atoms with Gasteiger partial charge >= 0.3 is 11.9 Å². The second kappa shape index (κ2) is 13.3. The Hall–Kier alpha value is -4.64. The number of rotatable bonds is 12. The number of carbonyl (C=O) groups is 3. The minimum absolute atomic E-state index is 0.00777. The molecule has 0 bridgehead atoms. The van der Waals surface area contributed by atoms with Crippen LogP contribution in [0.25, 0.3) is 5.76 Å². The number of esters is 1. The number of amides is 1. The zero-order chi connectivity index (χ0) is 30.4. The maximum absolute atomic E-state index is 13.5. The third-order valence-corrected chi connectivity index (χ3v) is 7.58. The number of aliphatic hydroxyl groups excluding tert-OH is 1. The average Bonchev–Trinajstić information content (AvgIpc) is 3.49. The Kier molecular flexibility index (Phi) is 9.64. The Balaban J connectivity index is 1.84. The highest BCUT2D eigenvalue weighted by Crippen LogP contribution is 2.45. The van der Waals surface area contributed by atoms with Crippen molar-refractivity contribution in [2.75, 3.05) is 24.7 Å². The molecule has 42 heavy (non-hydrogen) atoms. The molecule has 1 unspecified atom stereocenters. The van der Waals surface area contributed by atoms with Crippen molar-refractivity contribution in [2.45, 2.75) is 39.7 Å². The molecule has 1 aliphatic heterocycles. The van der Waals surface area contributed by atoms with Gasteiger partial charge in [0.1, 0.15) is 23.0 Å². The molecule has 1 saturated heterocycles. The van der Waals surface area contributed by atoms with Crippen LogP contribution in [0.5, 0.6) is 17.2 Å². The minimum atomic E-state index is -1.15. The second-order valence-electron chi connectivity index (χ2n) is 9.35. The number of hydrogen-bond acceptors (Lipinski definition) is 10. The van der Waals surface area contributed by atoms with Crippen LogP contribution in [0.3, 0.4) is 0 Å². The molecule has 1 amide bonds. The van der Waals surface area contributed by atoms with Crippen LogP contribution in [0.4, 0.5) is 5.13 Å². The van der Waals surface area contributed by atoms with Gasteiger partial charge in [0.05, 0.1) is 30.5 Å². The van der Waals surface area contributed by atoms with Crippen LogP contribution in [0.15, 0.2) is 60.7 Å². The molecule has 0 saturated carbocycles. The van der Waals surface area contributed by atoms with Gasteiger partial charge in [-0.1, -0.05) is 43.4 Å². The molecule has 0 spiro atoms. The van der Waals surface area contributed by atoms with E-state index in [2.05, 4.69) is 18.5 Å². The van der Waals surface area contributed by atoms with Crippen molar-refractivity contribution in [3.05, 3.63) is 82.4 Å². The van der Waals surface area contributed by atoms with E-state index in [0.717, 1.165) is 29.1 Å². The number of phenolic OH excluding ortho intramolecular Hbond substituents is 1. The fourth-order valence-corrected chi connectivity index (χ4v) is 5.38. The van der Waals surface area contributed by atoms with E-state index in [1.165, 1.54) is 24.3 Å². The van der Waals surface area contributed by atoms with Gasteiger partial charge in [0, 0.05) is 5.56 Å². The number of aliphatic hydroxyl groups is 1. The highest BCUT2D eigenvalue weighted by atomic mass is 32.1. The highest BCUT2D eigenvalue weighted by Gasteiger charge is 2.48. The molecule has 220 valence electrons. The summed E-state index contributed by atoms with van der Waals surface area (Å²) in [4.78, 5) is 45.4. The summed E-state index contributed by atoms with van der Waals surface area (Å²) < 4.78 is 16.4. The first-order valence-electron chi connectivity index (χ1n) is 13.5. The molecule has 1 aromatic heterocycles. The molecule has 11 heteroatoms. The summed E-state index contributed by atoms with van der Waals surface area (Å²) in [6.45, 7) is 9.73. The summed E-state index contributed by atoms with van der Waals surface area (Å²) in [7, 11) is 0. The molecule has 2 N–H and O–H groups in total. The lowest BCUT2D eigenvalue weighted by Gasteiger charge is -2.23. The summed E-state index contributed by atoms with van der Waals surface area (Å²) in [5, 5.41) is 21.8. The number of Topliss-reactive ketones (excluding diaryl/α,β-unsaturated/α-hetero) is 1. The number of phenols is 1. The first-order chi connectivity index (χ1) is 20.2. The summed E-state index contributed by atoms with van der Waals surface area (Å²) in [6, 6.07) is 9.82. The molecule has 1 fully saturated rings. The maximum atomic E-state index is 13.5. The second-order valence-corrected chi connectivity index (χ2v) is 10.3. The van der Waals surface area contributed by atoms with Crippen molar-refractivity contribution in [2.24, 2.45) is 0 Å². The largest absolute Gasteiger partial charge is 0.507 e. The Morgan fingerprint density at radius 1 is 1.14 bits per heavy atom. The van der Waals surface area contributed by atoms with E-state index in [9.17, 15) is 24.6 Å². The number of thiazole rings is 1. The number of aromatic nitrogens is 1. The number of aromatic hydroxyl groups is 1. The summed E-state index contributed by atoms with van der Waals surface area (Å²) in [5.74, 6) is -2.31. The SMILES string of the molecule is C=CCOC(=O)c1sc(N2C(=O)C(=O)C(=C(O)c3ccc(OCCCC)cc3)C2c2ccc(O)c(OCC)c2)nc1C. The molecule has 1 aliphatic rings. The first-order valence-corrected chi connectivity index (χ1v) is 14.3. The van der Waals surface area contributed by atoms with E-state index in [0.29, 0.717) is 29.2 Å². The lowest BCUT2D eigenvalue weighted by Crippen LogP contribution is -2.29. The van der Waals surface area contributed by atoms with Gasteiger partial charge in [-0.2, -0.15) is 0 Å². The number of benzene rings is 2. The van der Waals surface area contributed by atoms with Crippen LogP contribution in [0.1, 0.15) is 59.2 Å². The molecule has 1 atom stereocenters. The predicted molar refractivity (Wildman–Crippen MR) is 158 cm³/mol. The average molecular weight is 593 g/mol. The fraction of sp³-hybridized carbons (Fsp3) is 0.290. The normalized spacial score (nSPS) is 16.0. The van der Waals surface area contributed by atoms with Crippen molar-refractivity contribution in [3.8, 4) is 17.2 Å². The number of ether oxygens (including phenoxy) is 3. The summed E-state index contributed by atoms with van der Waals surface area (Å²) >= 11 is 0.890. The number of aryl methyl sites for hydroxylation is 1. The van der Waals surface area contributed by atoms with Crippen molar-refractivity contribution in [3.63, 3.8) is 0 Å². The topological polar surface area (TPSA) is 135 Å². The molecular formula is C31H32N2O8S. The van der Waals surface area contributed by atoms with Crippen LogP contribution in [0, 0.1) is 6.92 Å². The summed E-state index contributed by atoms with van der Waals surface area (Å²) in [5.41, 5.74) is 0.800. The third kappa shape index (κ3) is 6.15. The molecule has 0 radical (unpaired) electrons. The van der Waals surface area contributed by atoms with Crippen molar-refractivity contribution < 1.29 is 38.8 Å². The molecule has 10 nitrogen and oxygen atoms in total. The van der Waals surface area contributed by atoms with E-state index in [1.807, 2.05) is 0 Å². The van der Waals surface area contributed by atoms with Gasteiger partial charge in [0.25, 0.3) is 5.78 Å². The quantitative estimate of drug-likeness (QED) is 0.0677. The first kappa shape index (κ1) is 30.3. The molecule has 3 aromatic rings. The lowest BCUT2D eigenvalue weighted by molar-refractivity contribution is -0.132. The van der Waals surface area contributed by atoms with Crippen molar-refractivity contribution in [1.82, 2.24) is 4.98 Å². The molecular weight excluding hydrogens is 560 g/mol. The van der Waals surface area contributed by atoms with E-state index in [1.54, 1.807) is 38.1 Å². The summed E-state index contributed by atoms with van der Waals surface area (Å²) in [6.07, 6.45) is 3.31. The van der Waals surface area contributed by atoms with E-state index >= 15 is 0 Å². The van der Waals surface area contributed by atoms with Crippen LogP contribution < -0.4 is 14.4 Å². The molecule has 0 aliphatic carbocycles. The Bertz CT molecular complexity index is 1530. The Labute approximate surface area is 247 Å². The maximum Gasteiger partial charge on any atom is 0.350 e. The zero-order valence-corrected chi connectivity index (χ0v) is 24.4. The lowest BCUT2D eigenvalue weighted by atomic mass is 9.95. The fourth-order valence-electron chi connectivity index (χ4n) is 4.39. The standard InChI is InChI=1S/C31H32N2O8S/c1-5-8-16-40-21-12-9-19(10-13-21)26(35)24-25(20-11-14-22(34)23(17-20)39-7-3)33(29(37)27(24)36)31-32-18(4)28(42-31)30(38)41-15-6-2/h6,9-14,17,25,34-35H,2,5,7-8,15-16H2,1,3-4H3. The number of ketones is 1. The van der Waals surface area contributed by atoms with E-state index in [4.69, 9.17) is 14.2 Å². The molecule has 4 rings (SSSR count). The smallest absolute Gasteiger partial charge is 0.350 e. The van der Waals surface area contributed by atoms with Crippen molar-refractivity contribution in [1.29, 1.82) is 0 Å². The van der Waals surface area contributed by atoms with Crippen LogP contribution >= 0.6 is 11.3 Å². The van der Waals surface area contributed by atoms with Gasteiger partial charge in [-0.3, -0.25) is 14.5 Å². The predicted octanol–water partition coefficient (Wildman–Crippen LogP) is 5.70. The monoisotopic (exact) mass is 592 g/mol.